The third-order valence-electron chi connectivity index (χ3n) is 2.79. The van der Waals surface area contributed by atoms with Crippen LogP contribution in [-0.4, -0.2) is 5.11 Å². The van der Waals surface area contributed by atoms with Crippen LogP contribution in [0.15, 0.2) is 48.5 Å². The molecule has 1 N–H and O–H groups in total. The SMILES string of the molecule is CC(O)(c1ccccc1)c1c(Cl)cccc1Cl. The highest BCUT2D eigenvalue weighted by atomic mass is 35.5. The fraction of sp³-hybridized carbons (Fsp3) is 0.143. The molecule has 2 aromatic carbocycles. The number of hydrogen-bond acceptors (Lipinski definition) is 1. The Balaban J connectivity index is 2.60. The number of benzene rings is 2. The van der Waals surface area contributed by atoms with Gasteiger partial charge in [-0.15, -0.1) is 0 Å². The van der Waals surface area contributed by atoms with E-state index in [9.17, 15) is 5.11 Å². The molecule has 3 heteroatoms. The number of hydrogen-bond donors (Lipinski definition) is 1. The van der Waals surface area contributed by atoms with Gasteiger partial charge in [-0.2, -0.15) is 0 Å². The lowest BCUT2D eigenvalue weighted by molar-refractivity contribution is 0.102. The molecular formula is C14H12Cl2O. The topological polar surface area (TPSA) is 20.2 Å². The lowest BCUT2D eigenvalue weighted by Gasteiger charge is -2.26. The zero-order valence-corrected chi connectivity index (χ0v) is 10.8. The third kappa shape index (κ3) is 2.32. The molecule has 2 rings (SSSR count). The first-order valence-electron chi connectivity index (χ1n) is 5.26. The summed E-state index contributed by atoms with van der Waals surface area (Å²) in [6.45, 7) is 1.69. The smallest absolute Gasteiger partial charge is 0.115 e. The van der Waals surface area contributed by atoms with Gasteiger partial charge in [0.15, 0.2) is 0 Å². The molecule has 0 bridgehead atoms. The Morgan fingerprint density at radius 2 is 1.41 bits per heavy atom. The minimum atomic E-state index is -1.20. The molecule has 0 spiro atoms. The van der Waals surface area contributed by atoms with Crippen LogP contribution in [0.3, 0.4) is 0 Å². The van der Waals surface area contributed by atoms with Crippen molar-refractivity contribution in [1.82, 2.24) is 0 Å². The van der Waals surface area contributed by atoms with E-state index in [-0.39, 0.29) is 0 Å². The Morgan fingerprint density at radius 3 is 1.94 bits per heavy atom. The molecule has 0 saturated heterocycles. The lowest BCUT2D eigenvalue weighted by atomic mass is 9.88. The minimum absolute atomic E-state index is 0.464. The highest BCUT2D eigenvalue weighted by Crippen LogP contribution is 2.38. The van der Waals surface area contributed by atoms with Crippen molar-refractivity contribution < 1.29 is 5.11 Å². The summed E-state index contributed by atoms with van der Waals surface area (Å²) < 4.78 is 0. The minimum Gasteiger partial charge on any atom is -0.381 e. The molecule has 0 aromatic heterocycles. The van der Waals surface area contributed by atoms with Crippen LogP contribution >= 0.6 is 23.2 Å². The summed E-state index contributed by atoms with van der Waals surface area (Å²) in [5, 5.41) is 11.6. The molecular weight excluding hydrogens is 255 g/mol. The standard InChI is InChI=1S/C14H12Cl2O/c1-14(17,10-6-3-2-4-7-10)13-11(15)8-5-9-12(13)16/h2-9,17H,1H3. The summed E-state index contributed by atoms with van der Waals surface area (Å²) >= 11 is 12.2. The summed E-state index contributed by atoms with van der Waals surface area (Å²) in [6, 6.07) is 14.5. The zero-order valence-electron chi connectivity index (χ0n) is 9.32. The molecule has 0 radical (unpaired) electrons. The summed E-state index contributed by atoms with van der Waals surface area (Å²) in [4.78, 5) is 0. The van der Waals surface area contributed by atoms with Crippen LogP contribution in [0.2, 0.25) is 10.0 Å². The van der Waals surface area contributed by atoms with Crippen molar-refractivity contribution in [3.63, 3.8) is 0 Å². The van der Waals surface area contributed by atoms with Crippen LogP contribution in [0, 0.1) is 0 Å². The second kappa shape index (κ2) is 4.69. The molecule has 0 aliphatic carbocycles. The maximum absolute atomic E-state index is 10.6. The van der Waals surface area contributed by atoms with Crippen LogP contribution in [0.4, 0.5) is 0 Å². The van der Waals surface area contributed by atoms with Gasteiger partial charge < -0.3 is 5.11 Å². The zero-order chi connectivity index (χ0) is 12.5. The summed E-state index contributed by atoms with van der Waals surface area (Å²) in [5.74, 6) is 0. The quantitative estimate of drug-likeness (QED) is 0.862. The van der Waals surface area contributed by atoms with Gasteiger partial charge in [-0.05, 0) is 24.6 Å². The molecule has 0 amide bonds. The molecule has 1 nitrogen and oxygen atoms in total. The van der Waals surface area contributed by atoms with E-state index in [1.807, 2.05) is 30.3 Å². The average Bonchev–Trinajstić information content (AvgIpc) is 2.29. The largest absolute Gasteiger partial charge is 0.381 e. The average molecular weight is 267 g/mol. The van der Waals surface area contributed by atoms with Gasteiger partial charge in [-0.3, -0.25) is 0 Å². The van der Waals surface area contributed by atoms with Gasteiger partial charge in [0.25, 0.3) is 0 Å². The van der Waals surface area contributed by atoms with Crippen molar-refractivity contribution in [1.29, 1.82) is 0 Å². The second-order valence-electron chi connectivity index (χ2n) is 4.03. The summed E-state index contributed by atoms with van der Waals surface area (Å²) in [6.07, 6.45) is 0. The third-order valence-corrected chi connectivity index (χ3v) is 3.42. The van der Waals surface area contributed by atoms with E-state index in [0.29, 0.717) is 15.6 Å². The van der Waals surface area contributed by atoms with E-state index in [2.05, 4.69) is 0 Å². The Morgan fingerprint density at radius 1 is 0.882 bits per heavy atom. The van der Waals surface area contributed by atoms with Crippen molar-refractivity contribution in [2.24, 2.45) is 0 Å². The molecule has 1 atom stereocenters. The Hall–Kier alpha value is -1.02. The van der Waals surface area contributed by atoms with Gasteiger partial charge in [0.05, 0.1) is 0 Å². The van der Waals surface area contributed by atoms with Crippen molar-refractivity contribution in [3.05, 3.63) is 69.7 Å². The normalized spacial score (nSPS) is 14.4. The lowest BCUT2D eigenvalue weighted by Crippen LogP contribution is -2.23. The van der Waals surface area contributed by atoms with Gasteiger partial charge in [0, 0.05) is 15.6 Å². The first-order valence-corrected chi connectivity index (χ1v) is 6.01. The molecule has 0 aliphatic heterocycles. The van der Waals surface area contributed by atoms with E-state index < -0.39 is 5.60 Å². The van der Waals surface area contributed by atoms with E-state index in [4.69, 9.17) is 23.2 Å². The highest BCUT2D eigenvalue weighted by Gasteiger charge is 2.29. The van der Waals surface area contributed by atoms with Crippen LogP contribution in [0.1, 0.15) is 18.1 Å². The molecule has 1 unspecified atom stereocenters. The first kappa shape index (κ1) is 12.4. The van der Waals surface area contributed by atoms with Crippen LogP contribution in [0.25, 0.3) is 0 Å². The predicted octanol–water partition coefficient (Wildman–Crippen LogP) is 4.25. The van der Waals surface area contributed by atoms with Gasteiger partial charge in [0.1, 0.15) is 5.60 Å². The maximum atomic E-state index is 10.6. The number of aliphatic hydroxyl groups is 1. The monoisotopic (exact) mass is 266 g/mol. The number of halogens is 2. The van der Waals surface area contributed by atoms with Crippen molar-refractivity contribution in [2.45, 2.75) is 12.5 Å². The predicted molar refractivity (Wildman–Crippen MR) is 71.6 cm³/mol. The molecule has 0 aliphatic rings. The molecule has 88 valence electrons. The molecule has 0 fully saturated rings. The first-order chi connectivity index (χ1) is 8.03. The van der Waals surface area contributed by atoms with Crippen molar-refractivity contribution >= 4 is 23.2 Å². The highest BCUT2D eigenvalue weighted by molar-refractivity contribution is 6.36. The molecule has 0 heterocycles. The molecule has 17 heavy (non-hydrogen) atoms. The molecule has 2 aromatic rings. The maximum Gasteiger partial charge on any atom is 0.115 e. The second-order valence-corrected chi connectivity index (χ2v) is 4.85. The fourth-order valence-corrected chi connectivity index (χ4v) is 2.64. The van der Waals surface area contributed by atoms with Crippen LogP contribution in [0.5, 0.6) is 0 Å². The Labute approximate surface area is 111 Å². The van der Waals surface area contributed by atoms with Gasteiger partial charge in [-0.1, -0.05) is 59.6 Å². The van der Waals surface area contributed by atoms with E-state index in [1.165, 1.54) is 0 Å². The summed E-state index contributed by atoms with van der Waals surface area (Å²) in [5.41, 5.74) is 0.0981. The van der Waals surface area contributed by atoms with E-state index >= 15 is 0 Å². The number of rotatable bonds is 2. The molecule has 0 saturated carbocycles. The van der Waals surface area contributed by atoms with Gasteiger partial charge in [0.2, 0.25) is 0 Å². The Kier molecular flexibility index (Phi) is 3.43. The summed E-state index contributed by atoms with van der Waals surface area (Å²) in [7, 11) is 0. The van der Waals surface area contributed by atoms with Crippen molar-refractivity contribution in [3.8, 4) is 0 Å². The van der Waals surface area contributed by atoms with E-state index in [0.717, 1.165) is 5.56 Å². The van der Waals surface area contributed by atoms with E-state index in [1.54, 1.807) is 25.1 Å². The van der Waals surface area contributed by atoms with Gasteiger partial charge in [-0.25, -0.2) is 0 Å². The Bertz CT molecular complexity index is 501. The fourth-order valence-electron chi connectivity index (χ4n) is 1.87. The van der Waals surface area contributed by atoms with Gasteiger partial charge >= 0.3 is 0 Å². The van der Waals surface area contributed by atoms with Crippen LogP contribution in [-0.2, 0) is 5.60 Å². The van der Waals surface area contributed by atoms with Crippen LogP contribution < -0.4 is 0 Å². The van der Waals surface area contributed by atoms with Crippen molar-refractivity contribution in [2.75, 3.05) is 0 Å².